The van der Waals surface area contributed by atoms with Gasteiger partial charge in [0.2, 0.25) is 0 Å². The third kappa shape index (κ3) is 10.1. The smallest absolute Gasteiger partial charge is 0.151 e. The highest BCUT2D eigenvalue weighted by molar-refractivity contribution is 8.93. The summed E-state index contributed by atoms with van der Waals surface area (Å²) >= 11 is 4.24. The lowest BCUT2D eigenvalue weighted by molar-refractivity contribution is 1.24. The maximum absolute atomic E-state index is 7.39. The Morgan fingerprint density at radius 3 is 1.89 bits per heavy atom. The fourth-order valence-electron chi connectivity index (χ4n) is 1.96. The molecule has 0 atom stereocenters. The van der Waals surface area contributed by atoms with Crippen LogP contribution in [0.5, 0.6) is 0 Å². The van der Waals surface area contributed by atoms with Crippen LogP contribution in [0.4, 0.5) is 5.69 Å². The molecule has 0 bridgehead atoms. The zero-order valence-electron chi connectivity index (χ0n) is 14.1. The standard InChI is InChI=1S/C16H19N5S3.3BrH/c17-12-5-6-14(11(7-12)9-23-16(20)21)24-13-4-2-1-3-10(13)8-22-15(18)19;;;/h1-7H,8-9,17H2,(H3,18,19)(H3,20,21);3*1H. The molecule has 0 aliphatic heterocycles. The number of anilines is 1. The van der Waals surface area contributed by atoms with Crippen LogP contribution in [0.1, 0.15) is 11.1 Å². The Hall–Kier alpha value is -0.330. The second-order valence-electron chi connectivity index (χ2n) is 4.88. The number of halogens is 3. The third-order valence-corrected chi connectivity index (χ3v) is 5.81. The van der Waals surface area contributed by atoms with Crippen LogP contribution in [0, 0.1) is 10.8 Å². The zero-order chi connectivity index (χ0) is 17.5. The maximum atomic E-state index is 7.39. The largest absolute Gasteiger partial charge is 0.399 e. The zero-order valence-corrected chi connectivity index (χ0v) is 21.7. The van der Waals surface area contributed by atoms with Gasteiger partial charge in [-0.05, 0) is 35.4 Å². The van der Waals surface area contributed by atoms with Gasteiger partial charge in [0.1, 0.15) is 0 Å². The molecule has 0 radical (unpaired) electrons. The van der Waals surface area contributed by atoms with Gasteiger partial charge in [-0.25, -0.2) is 0 Å². The molecule has 27 heavy (non-hydrogen) atoms. The first kappa shape index (κ1) is 28.9. The number of nitrogen functional groups attached to an aromatic ring is 1. The molecule has 0 heterocycles. The van der Waals surface area contributed by atoms with Gasteiger partial charge in [-0.1, -0.05) is 53.5 Å². The Bertz CT molecular complexity index is 762. The van der Waals surface area contributed by atoms with Crippen LogP contribution in [-0.4, -0.2) is 10.3 Å². The van der Waals surface area contributed by atoms with Crippen molar-refractivity contribution in [3.05, 3.63) is 53.6 Å². The number of amidine groups is 2. The Morgan fingerprint density at radius 2 is 1.30 bits per heavy atom. The summed E-state index contributed by atoms with van der Waals surface area (Å²) in [7, 11) is 0. The van der Waals surface area contributed by atoms with Crippen molar-refractivity contribution in [2.75, 3.05) is 5.73 Å². The van der Waals surface area contributed by atoms with E-state index in [2.05, 4.69) is 6.07 Å². The predicted octanol–water partition coefficient (Wildman–Crippen LogP) is 5.41. The van der Waals surface area contributed by atoms with E-state index in [4.69, 9.17) is 28.0 Å². The van der Waals surface area contributed by atoms with Crippen LogP contribution in [-0.2, 0) is 11.5 Å². The van der Waals surface area contributed by atoms with E-state index in [9.17, 15) is 0 Å². The Kier molecular flexibility index (Phi) is 15.7. The summed E-state index contributed by atoms with van der Waals surface area (Å²) in [6.45, 7) is 0. The van der Waals surface area contributed by atoms with Gasteiger partial charge in [0.25, 0.3) is 0 Å². The maximum Gasteiger partial charge on any atom is 0.151 e. The molecular formula is C16H22Br3N5S3. The molecule has 0 aromatic heterocycles. The first-order chi connectivity index (χ1) is 11.5. The lowest BCUT2D eigenvalue weighted by Gasteiger charge is -2.12. The van der Waals surface area contributed by atoms with Crippen molar-refractivity contribution in [1.82, 2.24) is 0 Å². The van der Waals surface area contributed by atoms with Gasteiger partial charge in [0.15, 0.2) is 10.3 Å². The summed E-state index contributed by atoms with van der Waals surface area (Å²) in [5, 5.41) is 15.0. The van der Waals surface area contributed by atoms with Gasteiger partial charge in [-0.3, -0.25) is 10.8 Å². The van der Waals surface area contributed by atoms with Gasteiger partial charge in [0, 0.05) is 27.0 Å². The summed E-state index contributed by atoms with van der Waals surface area (Å²) in [4.78, 5) is 2.20. The minimum atomic E-state index is 0. The molecule has 0 saturated carbocycles. The van der Waals surface area contributed by atoms with E-state index in [-0.39, 0.29) is 61.3 Å². The average Bonchev–Trinajstić information content (AvgIpc) is 2.54. The van der Waals surface area contributed by atoms with Crippen LogP contribution < -0.4 is 17.2 Å². The topological polar surface area (TPSA) is 126 Å². The van der Waals surface area contributed by atoms with Crippen LogP contribution in [0.15, 0.2) is 52.3 Å². The second kappa shape index (κ2) is 14.6. The highest BCUT2D eigenvalue weighted by Gasteiger charge is 2.10. The van der Waals surface area contributed by atoms with Crippen molar-refractivity contribution in [1.29, 1.82) is 10.8 Å². The van der Waals surface area contributed by atoms with Crippen molar-refractivity contribution in [3.8, 4) is 0 Å². The van der Waals surface area contributed by atoms with Crippen molar-refractivity contribution < 1.29 is 0 Å². The van der Waals surface area contributed by atoms with Gasteiger partial charge in [-0.2, -0.15) is 0 Å². The molecule has 0 aliphatic carbocycles. The molecule has 11 heteroatoms. The first-order valence-corrected chi connectivity index (χ1v) is 9.82. The SMILES string of the molecule is Br.Br.Br.N=C(N)SCc1ccccc1Sc1ccc(N)cc1CSC(=N)N. The third-order valence-electron chi connectivity index (χ3n) is 3.04. The molecule has 150 valence electrons. The van der Waals surface area contributed by atoms with E-state index in [1.165, 1.54) is 23.5 Å². The van der Waals surface area contributed by atoms with E-state index < -0.39 is 0 Å². The normalized spacial score (nSPS) is 9.33. The predicted molar refractivity (Wildman–Crippen MR) is 139 cm³/mol. The van der Waals surface area contributed by atoms with E-state index in [0.717, 1.165) is 20.9 Å². The number of rotatable bonds is 6. The summed E-state index contributed by atoms with van der Waals surface area (Å²) in [5.74, 6) is 1.26. The van der Waals surface area contributed by atoms with Crippen molar-refractivity contribution in [2.24, 2.45) is 11.5 Å². The number of hydrogen-bond acceptors (Lipinski definition) is 6. The number of nitrogens with two attached hydrogens (primary N) is 3. The van der Waals surface area contributed by atoms with Gasteiger partial charge in [-0.15, -0.1) is 50.9 Å². The molecule has 0 aliphatic rings. The molecule has 0 spiro atoms. The lowest BCUT2D eigenvalue weighted by atomic mass is 10.2. The van der Waals surface area contributed by atoms with E-state index >= 15 is 0 Å². The molecule has 0 fully saturated rings. The fourth-order valence-corrected chi connectivity index (χ4v) is 4.31. The summed E-state index contributed by atoms with van der Waals surface area (Å²) in [5.41, 5.74) is 19.7. The van der Waals surface area contributed by atoms with Crippen LogP contribution >= 0.6 is 86.2 Å². The van der Waals surface area contributed by atoms with Crippen molar-refractivity contribution in [3.63, 3.8) is 0 Å². The highest BCUT2D eigenvalue weighted by Crippen LogP contribution is 2.36. The van der Waals surface area contributed by atoms with Gasteiger partial charge in [0.05, 0.1) is 0 Å². The monoisotopic (exact) mass is 617 g/mol. The minimum absolute atomic E-state index is 0. The van der Waals surface area contributed by atoms with Gasteiger partial charge < -0.3 is 17.2 Å². The van der Waals surface area contributed by atoms with Gasteiger partial charge >= 0.3 is 0 Å². The number of benzene rings is 2. The molecule has 0 saturated heterocycles. The van der Waals surface area contributed by atoms with Crippen molar-refractivity contribution >= 4 is 102 Å². The van der Waals surface area contributed by atoms with E-state index in [0.29, 0.717) is 17.2 Å². The summed E-state index contributed by atoms with van der Waals surface area (Å²) in [6, 6.07) is 13.9. The Morgan fingerprint density at radius 1 is 0.778 bits per heavy atom. The lowest BCUT2D eigenvalue weighted by Crippen LogP contribution is -2.04. The van der Waals surface area contributed by atoms with Crippen molar-refractivity contribution in [2.45, 2.75) is 21.3 Å². The average molecular weight is 620 g/mol. The summed E-state index contributed by atoms with van der Waals surface area (Å²) in [6.07, 6.45) is 0. The Labute approximate surface area is 203 Å². The summed E-state index contributed by atoms with van der Waals surface area (Å²) < 4.78 is 0. The molecule has 2 aromatic rings. The fraction of sp³-hybridized carbons (Fsp3) is 0.125. The van der Waals surface area contributed by atoms with E-state index in [1.54, 1.807) is 11.8 Å². The molecule has 5 nitrogen and oxygen atoms in total. The van der Waals surface area contributed by atoms with Crippen LogP contribution in [0.2, 0.25) is 0 Å². The molecule has 8 N–H and O–H groups in total. The van der Waals surface area contributed by atoms with E-state index in [1.807, 2.05) is 36.4 Å². The second-order valence-corrected chi connectivity index (χ2v) is 8.00. The molecule has 0 unspecified atom stereocenters. The highest BCUT2D eigenvalue weighted by atomic mass is 79.9. The minimum Gasteiger partial charge on any atom is -0.399 e. The van der Waals surface area contributed by atoms with Crippen LogP contribution in [0.25, 0.3) is 0 Å². The number of thioether (sulfide) groups is 2. The first-order valence-electron chi connectivity index (χ1n) is 7.03. The number of hydrogen-bond donors (Lipinski definition) is 5. The molecule has 2 aromatic carbocycles. The molecule has 2 rings (SSSR count). The van der Waals surface area contributed by atoms with Crippen LogP contribution in [0.3, 0.4) is 0 Å². The molecule has 0 amide bonds. The quantitative estimate of drug-likeness (QED) is 0.167. The number of nitrogens with one attached hydrogen (secondary N) is 2. The Balaban J connectivity index is 0. The molecular weight excluding hydrogens is 598 g/mol.